The normalized spacial score (nSPS) is 9.00. The minimum Gasteiger partial charge on any atom is -0.300 e. The van der Waals surface area contributed by atoms with E-state index in [2.05, 4.69) is 25.5 Å². The predicted octanol–water partition coefficient (Wildman–Crippen LogP) is 1.10. The van der Waals surface area contributed by atoms with Gasteiger partial charge in [0.1, 0.15) is 11.6 Å². The number of nitrogens with one attached hydrogen (secondary N) is 1. The lowest BCUT2D eigenvalue weighted by molar-refractivity contribution is -0.114. The van der Waals surface area contributed by atoms with Crippen molar-refractivity contribution in [1.29, 1.82) is 0 Å². The molecular formula is C5H6N6OS. The van der Waals surface area contributed by atoms with Gasteiger partial charge in [-0.2, -0.15) is 0 Å². The van der Waals surface area contributed by atoms with Gasteiger partial charge in [0, 0.05) is 4.91 Å². The fraction of sp³-hybridized carbons (Fsp3) is 0.400. The van der Waals surface area contributed by atoms with E-state index in [1.54, 1.807) is 6.92 Å². The van der Waals surface area contributed by atoms with Crippen molar-refractivity contribution in [3.63, 3.8) is 0 Å². The van der Waals surface area contributed by atoms with Crippen LogP contribution in [0.1, 0.15) is 5.01 Å². The summed E-state index contributed by atoms with van der Waals surface area (Å²) in [6, 6.07) is 0. The average Bonchev–Trinajstić information content (AvgIpc) is 2.48. The second-order valence-corrected chi connectivity index (χ2v) is 3.25. The van der Waals surface area contributed by atoms with Crippen LogP contribution in [0, 0.1) is 6.92 Å². The molecule has 0 fully saturated rings. The third-order valence-corrected chi connectivity index (χ3v) is 1.80. The van der Waals surface area contributed by atoms with Crippen LogP contribution in [0.25, 0.3) is 10.4 Å². The van der Waals surface area contributed by atoms with Gasteiger partial charge >= 0.3 is 0 Å². The molecule has 0 saturated carbocycles. The molecule has 0 unspecified atom stereocenters. The number of azide groups is 1. The van der Waals surface area contributed by atoms with Crippen LogP contribution in [0.3, 0.4) is 0 Å². The zero-order valence-electron chi connectivity index (χ0n) is 6.76. The summed E-state index contributed by atoms with van der Waals surface area (Å²) in [5.41, 5.74) is 7.94. The highest BCUT2D eigenvalue weighted by atomic mass is 32.1. The first kappa shape index (κ1) is 9.43. The largest absolute Gasteiger partial charge is 0.300 e. The van der Waals surface area contributed by atoms with E-state index in [0.717, 1.165) is 5.01 Å². The Morgan fingerprint density at radius 3 is 3.08 bits per heavy atom. The zero-order valence-corrected chi connectivity index (χ0v) is 7.58. The molecule has 1 amide bonds. The number of amides is 1. The highest BCUT2D eigenvalue weighted by molar-refractivity contribution is 7.15. The molecule has 13 heavy (non-hydrogen) atoms. The first-order chi connectivity index (χ1) is 6.22. The van der Waals surface area contributed by atoms with Crippen molar-refractivity contribution in [2.24, 2.45) is 5.11 Å². The fourth-order valence-electron chi connectivity index (χ4n) is 0.602. The van der Waals surface area contributed by atoms with Gasteiger partial charge in [0.05, 0.1) is 0 Å². The van der Waals surface area contributed by atoms with E-state index in [9.17, 15) is 4.79 Å². The highest BCUT2D eigenvalue weighted by Crippen LogP contribution is 2.12. The first-order valence-electron chi connectivity index (χ1n) is 3.33. The van der Waals surface area contributed by atoms with Crippen molar-refractivity contribution >= 4 is 22.4 Å². The maximum Gasteiger partial charge on any atom is 0.232 e. The van der Waals surface area contributed by atoms with Crippen LogP contribution in [-0.2, 0) is 4.79 Å². The molecule has 7 nitrogen and oxygen atoms in total. The molecule has 68 valence electrons. The van der Waals surface area contributed by atoms with Crippen LogP contribution < -0.4 is 5.32 Å². The van der Waals surface area contributed by atoms with E-state index < -0.39 is 5.91 Å². The van der Waals surface area contributed by atoms with Gasteiger partial charge in [0.2, 0.25) is 11.0 Å². The molecule has 8 heteroatoms. The lowest BCUT2D eigenvalue weighted by Crippen LogP contribution is -2.13. The third-order valence-electron chi connectivity index (χ3n) is 1.05. The van der Waals surface area contributed by atoms with Crippen LogP contribution in [0.15, 0.2) is 5.11 Å². The van der Waals surface area contributed by atoms with Gasteiger partial charge in [-0.15, -0.1) is 10.2 Å². The molecule has 0 aliphatic rings. The smallest absolute Gasteiger partial charge is 0.232 e. The summed E-state index contributed by atoms with van der Waals surface area (Å²) in [6.45, 7) is 1.55. The highest BCUT2D eigenvalue weighted by Gasteiger charge is 2.04. The maximum absolute atomic E-state index is 10.9. The quantitative estimate of drug-likeness (QED) is 0.446. The number of aromatic nitrogens is 2. The third kappa shape index (κ3) is 3.06. The monoisotopic (exact) mass is 198 g/mol. The molecule has 0 atom stereocenters. The molecule has 0 spiro atoms. The molecular weight excluding hydrogens is 192 g/mol. The SMILES string of the molecule is Cc1nnc(NC(=O)CN=[N+]=[N-])s1. The molecule has 0 aliphatic heterocycles. The van der Waals surface area contributed by atoms with Crippen LogP contribution in [0.2, 0.25) is 0 Å². The van der Waals surface area contributed by atoms with E-state index in [-0.39, 0.29) is 6.54 Å². The molecule has 0 aliphatic carbocycles. The lowest BCUT2D eigenvalue weighted by atomic mass is 10.6. The van der Waals surface area contributed by atoms with Crippen molar-refractivity contribution in [3.8, 4) is 0 Å². The molecule has 1 aromatic rings. The van der Waals surface area contributed by atoms with Gasteiger partial charge in [-0.25, -0.2) is 0 Å². The molecule has 0 aromatic carbocycles. The molecule has 1 heterocycles. The summed E-state index contributed by atoms with van der Waals surface area (Å²) in [7, 11) is 0. The molecule has 0 radical (unpaired) electrons. The Morgan fingerprint density at radius 1 is 1.77 bits per heavy atom. The average molecular weight is 198 g/mol. The van der Waals surface area contributed by atoms with Crippen molar-refractivity contribution in [3.05, 3.63) is 15.5 Å². The zero-order chi connectivity index (χ0) is 9.68. The standard InChI is InChI=1S/C5H6N6OS/c1-3-9-10-5(13-3)8-4(12)2-7-11-6/h2H2,1H3,(H,8,10,12). The second-order valence-electron chi connectivity index (χ2n) is 2.06. The Bertz CT molecular complexity index is 354. The number of carbonyl (C=O) groups is 1. The fourth-order valence-corrected chi connectivity index (χ4v) is 1.21. The number of rotatable bonds is 3. The van der Waals surface area contributed by atoms with Crippen molar-refractivity contribution in [2.45, 2.75) is 6.92 Å². The summed E-state index contributed by atoms with van der Waals surface area (Å²) >= 11 is 1.26. The maximum atomic E-state index is 10.9. The predicted molar refractivity (Wildman–Crippen MR) is 47.3 cm³/mol. The summed E-state index contributed by atoms with van der Waals surface area (Å²) < 4.78 is 0. The van der Waals surface area contributed by atoms with Gasteiger partial charge in [0.25, 0.3) is 0 Å². The minimum atomic E-state index is -0.394. The lowest BCUT2D eigenvalue weighted by Gasteiger charge is -1.94. The topological polar surface area (TPSA) is 104 Å². The van der Waals surface area contributed by atoms with Gasteiger partial charge in [-0.05, 0) is 12.5 Å². The molecule has 1 rings (SSSR count). The number of hydrogen-bond donors (Lipinski definition) is 1. The van der Waals surface area contributed by atoms with E-state index in [0.29, 0.717) is 5.13 Å². The Labute approximate surface area is 77.4 Å². The van der Waals surface area contributed by atoms with Crippen molar-refractivity contribution < 1.29 is 4.79 Å². The van der Waals surface area contributed by atoms with Crippen molar-refractivity contribution in [2.75, 3.05) is 11.9 Å². The Hall–Kier alpha value is -1.66. The van der Waals surface area contributed by atoms with Gasteiger partial charge in [-0.1, -0.05) is 16.5 Å². The number of aryl methyl sites for hydroxylation is 1. The summed E-state index contributed by atoms with van der Waals surface area (Å²) in [6.07, 6.45) is 0. The first-order valence-corrected chi connectivity index (χ1v) is 4.15. The van der Waals surface area contributed by atoms with Gasteiger partial charge in [0.15, 0.2) is 0 Å². The molecule has 0 saturated heterocycles. The number of carbonyl (C=O) groups excluding carboxylic acids is 1. The van der Waals surface area contributed by atoms with Gasteiger partial charge < -0.3 is 5.32 Å². The van der Waals surface area contributed by atoms with Crippen LogP contribution >= 0.6 is 11.3 Å². The summed E-state index contributed by atoms with van der Waals surface area (Å²) in [4.78, 5) is 13.4. The Kier molecular flexibility index (Phi) is 3.18. The van der Waals surface area contributed by atoms with Crippen LogP contribution in [-0.4, -0.2) is 22.6 Å². The summed E-state index contributed by atoms with van der Waals surface area (Å²) in [5.74, 6) is -0.394. The van der Waals surface area contributed by atoms with E-state index in [1.165, 1.54) is 11.3 Å². The Morgan fingerprint density at radius 2 is 2.54 bits per heavy atom. The molecule has 0 bridgehead atoms. The number of nitrogens with zero attached hydrogens (tertiary/aromatic N) is 5. The van der Waals surface area contributed by atoms with E-state index >= 15 is 0 Å². The van der Waals surface area contributed by atoms with Gasteiger partial charge in [-0.3, -0.25) is 4.79 Å². The molecule has 1 aromatic heterocycles. The molecule has 1 N–H and O–H groups in total. The second kappa shape index (κ2) is 4.39. The van der Waals surface area contributed by atoms with E-state index in [4.69, 9.17) is 5.53 Å². The number of hydrogen-bond acceptors (Lipinski definition) is 5. The number of anilines is 1. The van der Waals surface area contributed by atoms with Crippen molar-refractivity contribution in [1.82, 2.24) is 10.2 Å². The van der Waals surface area contributed by atoms with E-state index in [1.807, 2.05) is 0 Å². The van der Waals surface area contributed by atoms with Crippen LogP contribution in [0.5, 0.6) is 0 Å². The van der Waals surface area contributed by atoms with Crippen LogP contribution in [0.4, 0.5) is 5.13 Å². The Balaban J connectivity index is 2.49. The minimum absolute atomic E-state index is 0.227. The summed E-state index contributed by atoms with van der Waals surface area (Å²) in [5, 5.41) is 14.1.